The zero-order valence-corrected chi connectivity index (χ0v) is 16.0. The largest absolute Gasteiger partial charge is 0.451 e. The van der Waals surface area contributed by atoms with E-state index in [9.17, 15) is 18.0 Å². The minimum atomic E-state index is -3.67. The third-order valence-electron chi connectivity index (χ3n) is 4.68. The van der Waals surface area contributed by atoms with Crippen LogP contribution in [0.4, 0.5) is 0 Å². The van der Waals surface area contributed by atoms with Crippen LogP contribution >= 0.6 is 0 Å². The van der Waals surface area contributed by atoms with Crippen molar-refractivity contribution in [3.63, 3.8) is 0 Å². The fourth-order valence-electron chi connectivity index (χ4n) is 3.15. The summed E-state index contributed by atoms with van der Waals surface area (Å²) in [6, 6.07) is 11.1. The fraction of sp³-hybridized carbons (Fsp3) is 0.300. The highest BCUT2D eigenvalue weighted by atomic mass is 32.2. The Bertz CT molecular complexity index is 997. The van der Waals surface area contributed by atoms with Crippen LogP contribution < -0.4 is 4.72 Å². The molecule has 0 saturated carbocycles. The normalized spacial score (nSPS) is 14.4. The molecule has 0 saturated heterocycles. The quantitative estimate of drug-likeness (QED) is 0.608. The zero-order chi connectivity index (χ0) is 19.6. The standard InChI is InChI=1S/C20H21NO5S/c1-13(19(22)16-10-9-14-5-3-6-15(14)11-16)26-20(23)17-7-4-8-18(12-17)27(24,25)21-2/h4,7-13,21H,3,5-6H2,1-2H3/t13-/m1/s1. The number of aryl methyl sites for hydroxylation is 2. The predicted octanol–water partition coefficient (Wildman–Crippen LogP) is 2.51. The van der Waals surface area contributed by atoms with E-state index in [0.29, 0.717) is 5.56 Å². The Kier molecular flexibility index (Phi) is 5.43. The maximum Gasteiger partial charge on any atom is 0.338 e. The van der Waals surface area contributed by atoms with Crippen LogP contribution in [0.25, 0.3) is 0 Å². The van der Waals surface area contributed by atoms with Gasteiger partial charge in [-0.1, -0.05) is 18.2 Å². The molecule has 1 aliphatic carbocycles. The number of hydrogen-bond donors (Lipinski definition) is 1. The fourth-order valence-corrected chi connectivity index (χ4v) is 3.93. The van der Waals surface area contributed by atoms with Crippen LogP contribution in [0.3, 0.4) is 0 Å². The van der Waals surface area contributed by atoms with Crippen molar-refractivity contribution < 1.29 is 22.7 Å². The minimum Gasteiger partial charge on any atom is -0.451 e. The van der Waals surface area contributed by atoms with Crippen molar-refractivity contribution >= 4 is 21.8 Å². The summed E-state index contributed by atoms with van der Waals surface area (Å²) in [6.45, 7) is 1.52. The SMILES string of the molecule is CNS(=O)(=O)c1cccc(C(=O)O[C@H](C)C(=O)c2ccc3c(c2)CCC3)c1. The molecule has 27 heavy (non-hydrogen) atoms. The third kappa shape index (κ3) is 4.09. The molecule has 6 nitrogen and oxygen atoms in total. The highest BCUT2D eigenvalue weighted by molar-refractivity contribution is 7.89. The summed E-state index contributed by atoms with van der Waals surface area (Å²) in [5.74, 6) is -1.03. The van der Waals surface area contributed by atoms with E-state index in [1.54, 1.807) is 6.07 Å². The number of fused-ring (bicyclic) bond motifs is 1. The molecular formula is C20H21NO5S. The van der Waals surface area contributed by atoms with Crippen LogP contribution in [0.5, 0.6) is 0 Å². The number of esters is 1. The summed E-state index contributed by atoms with van der Waals surface area (Å²) in [5.41, 5.74) is 3.02. The molecule has 1 atom stereocenters. The molecule has 3 rings (SSSR count). The lowest BCUT2D eigenvalue weighted by molar-refractivity contribution is 0.0318. The number of ether oxygens (including phenoxy) is 1. The van der Waals surface area contributed by atoms with Gasteiger partial charge in [-0.25, -0.2) is 17.9 Å². The Labute approximate surface area is 158 Å². The number of Topliss-reactive ketones (excluding diaryl/α,β-unsaturated/α-hetero) is 1. The van der Waals surface area contributed by atoms with Crippen LogP contribution in [0.2, 0.25) is 0 Å². The Hall–Kier alpha value is -2.51. The van der Waals surface area contributed by atoms with E-state index in [-0.39, 0.29) is 16.2 Å². The van der Waals surface area contributed by atoms with Gasteiger partial charge in [-0.2, -0.15) is 0 Å². The van der Waals surface area contributed by atoms with Crippen LogP contribution in [0.15, 0.2) is 47.4 Å². The average Bonchev–Trinajstić information content (AvgIpc) is 3.15. The first-order valence-electron chi connectivity index (χ1n) is 8.72. The van der Waals surface area contributed by atoms with E-state index in [4.69, 9.17) is 4.74 Å². The summed E-state index contributed by atoms with van der Waals surface area (Å²) >= 11 is 0. The van der Waals surface area contributed by atoms with Gasteiger partial charge in [0.15, 0.2) is 6.10 Å². The number of benzene rings is 2. The van der Waals surface area contributed by atoms with Crippen LogP contribution in [0, 0.1) is 0 Å². The van der Waals surface area contributed by atoms with Gasteiger partial charge >= 0.3 is 5.97 Å². The van der Waals surface area contributed by atoms with E-state index in [1.165, 1.54) is 49.4 Å². The number of rotatable bonds is 6. The first kappa shape index (κ1) is 19.3. The smallest absolute Gasteiger partial charge is 0.338 e. The molecule has 7 heteroatoms. The second kappa shape index (κ2) is 7.62. The predicted molar refractivity (Wildman–Crippen MR) is 100 cm³/mol. The van der Waals surface area contributed by atoms with Crippen molar-refractivity contribution in [3.05, 3.63) is 64.7 Å². The van der Waals surface area contributed by atoms with Gasteiger partial charge in [0.1, 0.15) is 0 Å². The van der Waals surface area contributed by atoms with Crippen LogP contribution in [-0.4, -0.2) is 33.3 Å². The Morgan fingerprint density at radius 3 is 2.52 bits per heavy atom. The van der Waals surface area contributed by atoms with Gasteiger partial charge in [0.2, 0.25) is 15.8 Å². The van der Waals surface area contributed by atoms with Crippen molar-refractivity contribution in [2.45, 2.75) is 37.2 Å². The molecular weight excluding hydrogens is 366 g/mol. The maximum atomic E-state index is 12.6. The third-order valence-corrected chi connectivity index (χ3v) is 6.10. The van der Waals surface area contributed by atoms with Gasteiger partial charge in [0.05, 0.1) is 10.5 Å². The number of sulfonamides is 1. The highest BCUT2D eigenvalue weighted by Gasteiger charge is 2.23. The van der Waals surface area contributed by atoms with Gasteiger partial charge in [0.25, 0.3) is 0 Å². The first-order chi connectivity index (χ1) is 12.8. The van der Waals surface area contributed by atoms with Crippen molar-refractivity contribution in [3.8, 4) is 0 Å². The molecule has 1 aliphatic rings. The van der Waals surface area contributed by atoms with E-state index in [2.05, 4.69) is 4.72 Å². The molecule has 0 heterocycles. The lowest BCUT2D eigenvalue weighted by atomic mass is 10.0. The molecule has 142 valence electrons. The van der Waals surface area contributed by atoms with Gasteiger partial charge in [-0.3, -0.25) is 4.79 Å². The van der Waals surface area contributed by atoms with Crippen molar-refractivity contribution in [1.29, 1.82) is 0 Å². The van der Waals surface area contributed by atoms with Crippen molar-refractivity contribution in [2.75, 3.05) is 7.05 Å². The highest BCUT2D eigenvalue weighted by Crippen LogP contribution is 2.24. The summed E-state index contributed by atoms with van der Waals surface area (Å²) in [4.78, 5) is 24.9. The van der Waals surface area contributed by atoms with E-state index >= 15 is 0 Å². The molecule has 2 aromatic carbocycles. The number of nitrogens with one attached hydrogen (secondary N) is 1. The van der Waals surface area contributed by atoms with Crippen LogP contribution in [0.1, 0.15) is 45.2 Å². The summed E-state index contributed by atoms with van der Waals surface area (Å²) in [5, 5.41) is 0. The second-order valence-electron chi connectivity index (χ2n) is 6.48. The van der Waals surface area contributed by atoms with Crippen molar-refractivity contribution in [1.82, 2.24) is 4.72 Å². The number of carbonyl (C=O) groups excluding carboxylic acids is 2. The molecule has 0 unspecified atom stereocenters. The average molecular weight is 387 g/mol. The van der Waals surface area contributed by atoms with Gasteiger partial charge in [-0.15, -0.1) is 0 Å². The monoisotopic (exact) mass is 387 g/mol. The number of ketones is 1. The molecule has 2 aromatic rings. The van der Waals surface area contributed by atoms with Gasteiger partial charge < -0.3 is 4.74 Å². The Morgan fingerprint density at radius 1 is 1.04 bits per heavy atom. The molecule has 0 fully saturated rings. The molecule has 0 radical (unpaired) electrons. The Morgan fingerprint density at radius 2 is 1.78 bits per heavy atom. The van der Waals surface area contributed by atoms with E-state index < -0.39 is 22.1 Å². The van der Waals surface area contributed by atoms with Crippen LogP contribution in [-0.2, 0) is 27.6 Å². The van der Waals surface area contributed by atoms with Gasteiger partial charge in [-0.05, 0) is 68.6 Å². The summed E-state index contributed by atoms with van der Waals surface area (Å²) in [7, 11) is -2.38. The second-order valence-corrected chi connectivity index (χ2v) is 8.37. The van der Waals surface area contributed by atoms with Gasteiger partial charge in [0, 0.05) is 5.56 Å². The lowest BCUT2D eigenvalue weighted by Crippen LogP contribution is -2.25. The minimum absolute atomic E-state index is 0.0444. The lowest BCUT2D eigenvalue weighted by Gasteiger charge is -2.13. The van der Waals surface area contributed by atoms with Crippen molar-refractivity contribution in [2.24, 2.45) is 0 Å². The Balaban J connectivity index is 1.74. The topological polar surface area (TPSA) is 89.5 Å². The number of hydrogen-bond acceptors (Lipinski definition) is 5. The zero-order valence-electron chi connectivity index (χ0n) is 15.2. The summed E-state index contributed by atoms with van der Waals surface area (Å²) in [6.07, 6.45) is 2.10. The first-order valence-corrected chi connectivity index (χ1v) is 10.2. The molecule has 0 aromatic heterocycles. The molecule has 1 N–H and O–H groups in total. The molecule has 0 aliphatic heterocycles. The maximum absolute atomic E-state index is 12.6. The van der Waals surface area contributed by atoms with E-state index in [0.717, 1.165) is 19.3 Å². The molecule has 0 spiro atoms. The molecule has 0 bridgehead atoms. The van der Waals surface area contributed by atoms with E-state index in [1.807, 2.05) is 12.1 Å². The molecule has 0 amide bonds. The summed E-state index contributed by atoms with van der Waals surface area (Å²) < 4.78 is 31.2. The number of carbonyl (C=O) groups is 2.